The van der Waals surface area contributed by atoms with Gasteiger partial charge in [-0.1, -0.05) is 12.1 Å². The van der Waals surface area contributed by atoms with Crippen molar-refractivity contribution in [2.24, 2.45) is 0 Å². The van der Waals surface area contributed by atoms with Crippen LogP contribution in [0.3, 0.4) is 0 Å². The second-order valence-electron chi connectivity index (χ2n) is 6.54. The summed E-state index contributed by atoms with van der Waals surface area (Å²) in [5, 5.41) is 12.8. The summed E-state index contributed by atoms with van der Waals surface area (Å²) in [5.41, 5.74) is 0.255. The molecule has 0 aliphatic carbocycles. The van der Waals surface area contributed by atoms with E-state index in [-0.39, 0.29) is 17.8 Å². The summed E-state index contributed by atoms with van der Waals surface area (Å²) in [6.45, 7) is 0.820. The fraction of sp³-hybridized carbons (Fsp3) is 0.222. The minimum absolute atomic E-state index is 0.0514. The Morgan fingerprint density at radius 1 is 1.08 bits per heavy atom. The molecule has 132 valence electrons. The van der Waals surface area contributed by atoms with Gasteiger partial charge in [0.25, 0.3) is 11.2 Å². The molecule has 0 saturated heterocycles. The van der Waals surface area contributed by atoms with Gasteiger partial charge >= 0.3 is 5.69 Å². The van der Waals surface area contributed by atoms with E-state index in [4.69, 9.17) is 0 Å². The molecule has 4 rings (SSSR count). The molecule has 0 N–H and O–H groups in total. The van der Waals surface area contributed by atoms with E-state index in [1.165, 1.54) is 21.1 Å². The van der Waals surface area contributed by atoms with E-state index in [9.17, 15) is 19.7 Å². The van der Waals surface area contributed by atoms with Crippen molar-refractivity contribution >= 4 is 32.9 Å². The molecule has 8 heteroatoms. The molecule has 2 heterocycles. The number of nitro benzene ring substituents is 1. The van der Waals surface area contributed by atoms with Crippen molar-refractivity contribution < 1.29 is 4.92 Å². The van der Waals surface area contributed by atoms with Crippen LogP contribution in [0.2, 0.25) is 0 Å². The Balaban J connectivity index is 2.18. The Labute approximate surface area is 147 Å². The van der Waals surface area contributed by atoms with E-state index < -0.39 is 10.6 Å². The number of nitro groups is 1. The zero-order valence-electron chi connectivity index (χ0n) is 14.3. The molecule has 0 radical (unpaired) electrons. The smallest absolute Gasteiger partial charge is 0.308 e. The highest BCUT2D eigenvalue weighted by atomic mass is 16.6. The first-order chi connectivity index (χ1) is 12.4. The zero-order chi connectivity index (χ0) is 18.6. The monoisotopic (exact) mass is 352 g/mol. The molecule has 0 saturated carbocycles. The molecule has 0 atom stereocenters. The summed E-state index contributed by atoms with van der Waals surface area (Å²) in [7, 11) is 3.74. The minimum atomic E-state index is -0.470. The molecule has 0 amide bonds. The van der Waals surface area contributed by atoms with Crippen molar-refractivity contribution in [3.63, 3.8) is 0 Å². The lowest BCUT2D eigenvalue weighted by molar-refractivity contribution is -0.384. The molecule has 0 unspecified atom stereocenters. The largest absolute Gasteiger partial charge is 0.336 e. The van der Waals surface area contributed by atoms with Crippen LogP contribution in [-0.2, 0) is 6.54 Å². The minimum Gasteiger partial charge on any atom is -0.308 e. The van der Waals surface area contributed by atoms with Gasteiger partial charge in [-0.05, 0) is 26.2 Å². The molecule has 0 fully saturated rings. The molecule has 26 heavy (non-hydrogen) atoms. The third-order valence-electron chi connectivity index (χ3n) is 4.65. The number of hydrogen-bond acceptors (Lipinski definition) is 5. The molecule has 2 aromatic carbocycles. The SMILES string of the molecule is CN(C)CCn1c(=O)c2cccc3c4cc([N+](=O)[O-])ccc4n(c1=O)c23. The maximum absolute atomic E-state index is 13.0. The maximum atomic E-state index is 13.0. The van der Waals surface area contributed by atoms with Crippen LogP contribution in [0.1, 0.15) is 0 Å². The van der Waals surface area contributed by atoms with Crippen LogP contribution in [-0.4, -0.2) is 39.4 Å². The molecular formula is C18H16N4O4. The van der Waals surface area contributed by atoms with Crippen molar-refractivity contribution in [3.05, 3.63) is 67.4 Å². The maximum Gasteiger partial charge on any atom is 0.336 e. The summed E-state index contributed by atoms with van der Waals surface area (Å²) in [6, 6.07) is 9.58. The zero-order valence-corrected chi connectivity index (χ0v) is 14.3. The number of non-ortho nitro benzene ring substituents is 1. The fourth-order valence-electron chi connectivity index (χ4n) is 3.39. The van der Waals surface area contributed by atoms with Gasteiger partial charge in [-0.2, -0.15) is 0 Å². The molecule has 0 aliphatic rings. The van der Waals surface area contributed by atoms with Crippen molar-refractivity contribution in [3.8, 4) is 0 Å². The number of rotatable bonds is 4. The molecular weight excluding hydrogens is 336 g/mol. The lowest BCUT2D eigenvalue weighted by Crippen LogP contribution is -2.39. The van der Waals surface area contributed by atoms with E-state index in [1.54, 1.807) is 24.3 Å². The first-order valence-corrected chi connectivity index (χ1v) is 8.12. The number of para-hydroxylation sites is 1. The Morgan fingerprint density at radius 2 is 1.81 bits per heavy atom. The van der Waals surface area contributed by atoms with Gasteiger partial charge in [0.05, 0.1) is 21.3 Å². The average molecular weight is 352 g/mol. The Morgan fingerprint density at radius 3 is 2.50 bits per heavy atom. The Hall–Kier alpha value is -3.26. The summed E-state index contributed by atoms with van der Waals surface area (Å²) >= 11 is 0. The van der Waals surface area contributed by atoms with Crippen molar-refractivity contribution in [2.75, 3.05) is 20.6 Å². The summed E-state index contributed by atoms with van der Waals surface area (Å²) in [6.07, 6.45) is 0. The van der Waals surface area contributed by atoms with Crippen LogP contribution < -0.4 is 11.2 Å². The topological polar surface area (TPSA) is 89.9 Å². The van der Waals surface area contributed by atoms with E-state index in [0.717, 1.165) is 0 Å². The molecule has 8 nitrogen and oxygen atoms in total. The van der Waals surface area contributed by atoms with Gasteiger partial charge in [0, 0.05) is 36.0 Å². The highest BCUT2D eigenvalue weighted by molar-refractivity contribution is 6.14. The van der Waals surface area contributed by atoms with Gasteiger partial charge in [-0.25, -0.2) is 4.79 Å². The number of fused-ring (bicyclic) bond motifs is 3. The predicted molar refractivity (Wildman–Crippen MR) is 99.3 cm³/mol. The quantitative estimate of drug-likeness (QED) is 0.412. The second-order valence-corrected chi connectivity index (χ2v) is 6.54. The van der Waals surface area contributed by atoms with Crippen LogP contribution in [0.25, 0.3) is 27.2 Å². The number of aromatic nitrogens is 2. The van der Waals surface area contributed by atoms with Gasteiger partial charge in [-0.15, -0.1) is 0 Å². The lowest BCUT2D eigenvalue weighted by Gasteiger charge is -2.12. The van der Waals surface area contributed by atoms with Crippen LogP contribution >= 0.6 is 0 Å². The number of likely N-dealkylation sites (N-methyl/N-ethyl adjacent to an activating group) is 1. The number of hydrogen-bond donors (Lipinski definition) is 0. The Kier molecular flexibility index (Phi) is 3.52. The number of benzene rings is 2. The second kappa shape index (κ2) is 5.63. The van der Waals surface area contributed by atoms with Crippen molar-refractivity contribution in [1.29, 1.82) is 0 Å². The van der Waals surface area contributed by atoms with Gasteiger partial charge in [0.1, 0.15) is 0 Å². The normalized spacial score (nSPS) is 12.0. The van der Waals surface area contributed by atoms with E-state index in [0.29, 0.717) is 33.7 Å². The standard InChI is InChI=1S/C18H16N4O4/c1-19(2)8-9-20-17(23)13-5-3-4-12-14-10-11(22(25)26)6-7-15(14)21(16(12)13)18(20)24/h3-7,10H,8-9H2,1-2H3. The van der Waals surface area contributed by atoms with Crippen LogP contribution in [0, 0.1) is 10.1 Å². The first kappa shape index (κ1) is 16.2. The van der Waals surface area contributed by atoms with Crippen LogP contribution in [0.4, 0.5) is 5.69 Å². The summed E-state index contributed by atoms with van der Waals surface area (Å²) in [4.78, 5) is 38.4. The number of nitrogens with zero attached hydrogens (tertiary/aromatic N) is 4. The molecule has 0 aliphatic heterocycles. The Bertz CT molecular complexity index is 1290. The third-order valence-corrected chi connectivity index (χ3v) is 4.65. The predicted octanol–water partition coefficient (Wildman–Crippen LogP) is 1.68. The summed E-state index contributed by atoms with van der Waals surface area (Å²) in [5.74, 6) is 0. The molecule has 0 bridgehead atoms. The first-order valence-electron chi connectivity index (χ1n) is 8.12. The van der Waals surface area contributed by atoms with Crippen LogP contribution in [0.15, 0.2) is 46.0 Å². The van der Waals surface area contributed by atoms with Gasteiger partial charge in [0.2, 0.25) is 0 Å². The highest BCUT2D eigenvalue weighted by Gasteiger charge is 2.20. The van der Waals surface area contributed by atoms with Gasteiger partial charge in [-0.3, -0.25) is 23.9 Å². The third kappa shape index (κ3) is 2.19. The van der Waals surface area contributed by atoms with Gasteiger partial charge in [0.15, 0.2) is 0 Å². The highest BCUT2D eigenvalue weighted by Crippen LogP contribution is 2.31. The van der Waals surface area contributed by atoms with Crippen LogP contribution in [0.5, 0.6) is 0 Å². The molecule has 0 spiro atoms. The molecule has 2 aromatic heterocycles. The van der Waals surface area contributed by atoms with Crippen molar-refractivity contribution in [1.82, 2.24) is 13.9 Å². The van der Waals surface area contributed by atoms with Crippen molar-refractivity contribution in [2.45, 2.75) is 6.54 Å². The van der Waals surface area contributed by atoms with E-state index in [1.807, 2.05) is 19.0 Å². The van der Waals surface area contributed by atoms with E-state index >= 15 is 0 Å². The lowest BCUT2D eigenvalue weighted by atomic mass is 10.1. The summed E-state index contributed by atoms with van der Waals surface area (Å²) < 4.78 is 2.71. The molecule has 4 aromatic rings. The fourth-order valence-corrected chi connectivity index (χ4v) is 3.39. The van der Waals surface area contributed by atoms with Gasteiger partial charge < -0.3 is 4.90 Å². The average Bonchev–Trinajstić information content (AvgIpc) is 2.94. The van der Waals surface area contributed by atoms with E-state index in [2.05, 4.69) is 0 Å².